The molecule has 0 aliphatic carbocycles. The molecule has 0 bridgehead atoms. The van der Waals surface area contributed by atoms with Crippen LogP contribution in [0.4, 0.5) is 0 Å². The lowest BCUT2D eigenvalue weighted by atomic mass is 9.85. The van der Waals surface area contributed by atoms with Crippen LogP contribution in [0.15, 0.2) is 65.7 Å². The summed E-state index contributed by atoms with van der Waals surface area (Å²) in [5, 5.41) is 9.47. The average Bonchev–Trinajstić information content (AvgIpc) is 2.68. The van der Waals surface area contributed by atoms with Gasteiger partial charge in [0.2, 0.25) is 0 Å². The number of amides is 1. The van der Waals surface area contributed by atoms with Gasteiger partial charge in [0.15, 0.2) is 5.96 Å². The first-order valence-corrected chi connectivity index (χ1v) is 8.86. The maximum atomic E-state index is 12.0. The number of rotatable bonds is 7. The second-order valence-corrected chi connectivity index (χ2v) is 6.72. The Balaban J connectivity index is 0.00000364. The van der Waals surface area contributed by atoms with Gasteiger partial charge in [-0.15, -0.1) is 24.0 Å². The third kappa shape index (κ3) is 7.58. The quantitative estimate of drug-likeness (QED) is 0.247. The predicted molar refractivity (Wildman–Crippen MR) is 123 cm³/mol. The van der Waals surface area contributed by atoms with Crippen molar-refractivity contribution < 1.29 is 4.79 Å². The summed E-state index contributed by atoms with van der Waals surface area (Å²) in [5.41, 5.74) is 1.93. The Hall–Kier alpha value is -2.09. The highest BCUT2D eigenvalue weighted by atomic mass is 127. The lowest BCUT2D eigenvalue weighted by Gasteiger charge is -2.26. The van der Waals surface area contributed by atoms with E-state index in [2.05, 4.69) is 59.1 Å². The maximum Gasteiger partial charge on any atom is 0.251 e. The summed E-state index contributed by atoms with van der Waals surface area (Å²) >= 11 is 0. The van der Waals surface area contributed by atoms with E-state index in [1.807, 2.05) is 24.3 Å². The molecule has 0 aliphatic heterocycles. The number of nitrogens with zero attached hydrogens (tertiary/aromatic N) is 1. The van der Waals surface area contributed by atoms with Crippen LogP contribution < -0.4 is 16.0 Å². The molecule has 2 aromatic rings. The summed E-state index contributed by atoms with van der Waals surface area (Å²) < 4.78 is 0. The zero-order valence-electron chi connectivity index (χ0n) is 16.2. The van der Waals surface area contributed by atoms with Gasteiger partial charge in [0.05, 0.1) is 0 Å². The van der Waals surface area contributed by atoms with Gasteiger partial charge < -0.3 is 16.0 Å². The fraction of sp³-hybridized carbons (Fsp3) is 0.333. The van der Waals surface area contributed by atoms with E-state index in [4.69, 9.17) is 0 Å². The van der Waals surface area contributed by atoms with E-state index in [1.165, 1.54) is 5.56 Å². The molecule has 1 amide bonds. The van der Waals surface area contributed by atoms with Gasteiger partial charge in [0.25, 0.3) is 5.91 Å². The first kappa shape index (κ1) is 23.0. The minimum atomic E-state index is -0.0689. The number of guanidine groups is 1. The van der Waals surface area contributed by atoms with E-state index < -0.39 is 0 Å². The molecule has 6 heteroatoms. The molecule has 0 saturated carbocycles. The fourth-order valence-electron chi connectivity index (χ4n) is 2.57. The highest BCUT2D eigenvalue weighted by molar-refractivity contribution is 14.0. The summed E-state index contributed by atoms with van der Waals surface area (Å²) in [4.78, 5) is 16.2. The summed E-state index contributed by atoms with van der Waals surface area (Å²) in [6.45, 7) is 6.28. The number of halogens is 1. The molecule has 0 atom stereocenters. The number of aliphatic imine (C=N–C) groups is 1. The van der Waals surface area contributed by atoms with Gasteiger partial charge in [-0.3, -0.25) is 9.79 Å². The number of hydrogen-bond acceptors (Lipinski definition) is 2. The smallest absolute Gasteiger partial charge is 0.251 e. The fourth-order valence-corrected chi connectivity index (χ4v) is 2.57. The zero-order valence-corrected chi connectivity index (χ0v) is 18.5. The van der Waals surface area contributed by atoms with E-state index in [-0.39, 0.29) is 35.3 Å². The second-order valence-electron chi connectivity index (χ2n) is 6.72. The molecule has 0 radical (unpaired) electrons. The molecular formula is C21H29IN4O. The van der Waals surface area contributed by atoms with E-state index in [1.54, 1.807) is 19.2 Å². The number of benzene rings is 2. The van der Waals surface area contributed by atoms with E-state index in [0.717, 1.165) is 12.5 Å². The van der Waals surface area contributed by atoms with E-state index >= 15 is 0 Å². The summed E-state index contributed by atoms with van der Waals surface area (Å²) in [7, 11) is 1.74. The SMILES string of the molecule is CN=C(NCCNC(=O)c1ccccc1)NCC(C)(C)c1ccccc1.I. The zero-order chi connectivity index (χ0) is 18.8. The van der Waals surface area contributed by atoms with Gasteiger partial charge in [0, 0.05) is 37.7 Å². The van der Waals surface area contributed by atoms with Crippen molar-refractivity contribution in [3.63, 3.8) is 0 Å². The molecule has 0 unspecified atom stereocenters. The van der Waals surface area contributed by atoms with Crippen LogP contribution in [-0.4, -0.2) is 38.5 Å². The summed E-state index contributed by atoms with van der Waals surface area (Å²) in [6, 6.07) is 19.6. The summed E-state index contributed by atoms with van der Waals surface area (Å²) in [5.74, 6) is 0.656. The largest absolute Gasteiger partial charge is 0.356 e. The predicted octanol–water partition coefficient (Wildman–Crippen LogP) is 3.18. The molecule has 0 fully saturated rings. The molecule has 2 aromatic carbocycles. The van der Waals surface area contributed by atoms with Crippen LogP contribution in [0, 0.1) is 0 Å². The number of carbonyl (C=O) groups excluding carboxylic acids is 1. The van der Waals surface area contributed by atoms with Gasteiger partial charge in [-0.1, -0.05) is 62.4 Å². The average molecular weight is 480 g/mol. The van der Waals surface area contributed by atoms with Crippen LogP contribution in [0.25, 0.3) is 0 Å². The Labute approximate surface area is 179 Å². The van der Waals surface area contributed by atoms with Crippen molar-refractivity contribution in [1.29, 1.82) is 0 Å². The third-order valence-corrected chi connectivity index (χ3v) is 4.22. The molecule has 0 aliphatic rings. The van der Waals surface area contributed by atoms with Gasteiger partial charge in [-0.05, 0) is 17.7 Å². The van der Waals surface area contributed by atoms with E-state index in [0.29, 0.717) is 18.7 Å². The van der Waals surface area contributed by atoms with Gasteiger partial charge >= 0.3 is 0 Å². The van der Waals surface area contributed by atoms with Crippen molar-refractivity contribution in [3.8, 4) is 0 Å². The van der Waals surface area contributed by atoms with E-state index in [9.17, 15) is 4.79 Å². The van der Waals surface area contributed by atoms with Gasteiger partial charge in [-0.25, -0.2) is 0 Å². The lowest BCUT2D eigenvalue weighted by molar-refractivity contribution is 0.0954. The molecule has 0 spiro atoms. The first-order chi connectivity index (χ1) is 12.5. The molecule has 146 valence electrons. The Morgan fingerprint density at radius 3 is 2.04 bits per heavy atom. The van der Waals surface area contributed by atoms with Crippen LogP contribution in [0.5, 0.6) is 0 Å². The number of nitrogens with one attached hydrogen (secondary N) is 3. The number of carbonyl (C=O) groups is 1. The molecule has 27 heavy (non-hydrogen) atoms. The molecular weight excluding hydrogens is 451 g/mol. The minimum Gasteiger partial charge on any atom is -0.356 e. The first-order valence-electron chi connectivity index (χ1n) is 8.86. The Morgan fingerprint density at radius 2 is 1.44 bits per heavy atom. The molecule has 2 rings (SSSR count). The third-order valence-electron chi connectivity index (χ3n) is 4.22. The van der Waals surface area contributed by atoms with Crippen molar-refractivity contribution in [2.45, 2.75) is 19.3 Å². The molecule has 0 aromatic heterocycles. The lowest BCUT2D eigenvalue weighted by Crippen LogP contribution is -2.45. The van der Waals surface area contributed by atoms with Crippen LogP contribution in [0.2, 0.25) is 0 Å². The van der Waals surface area contributed by atoms with Crippen molar-refractivity contribution >= 4 is 35.8 Å². The highest BCUT2D eigenvalue weighted by Gasteiger charge is 2.20. The van der Waals surface area contributed by atoms with Crippen LogP contribution in [0.1, 0.15) is 29.8 Å². The van der Waals surface area contributed by atoms with Crippen LogP contribution in [0.3, 0.4) is 0 Å². The number of hydrogen-bond donors (Lipinski definition) is 3. The Kier molecular flexibility index (Phi) is 9.85. The van der Waals surface area contributed by atoms with Gasteiger partial charge in [0.1, 0.15) is 0 Å². The highest BCUT2D eigenvalue weighted by Crippen LogP contribution is 2.21. The minimum absolute atomic E-state index is 0. The Morgan fingerprint density at radius 1 is 0.889 bits per heavy atom. The monoisotopic (exact) mass is 480 g/mol. The molecule has 3 N–H and O–H groups in total. The standard InChI is InChI=1S/C21H28N4O.HI/c1-21(2,18-12-8-5-9-13-18)16-25-20(22-3)24-15-14-23-19(26)17-10-6-4-7-11-17;/h4-13H,14-16H2,1-3H3,(H,23,26)(H2,22,24,25);1H. The van der Waals surface area contributed by atoms with Crippen molar-refractivity contribution in [3.05, 3.63) is 71.8 Å². The van der Waals surface area contributed by atoms with Crippen LogP contribution in [-0.2, 0) is 5.41 Å². The topological polar surface area (TPSA) is 65.5 Å². The Bertz CT molecular complexity index is 717. The molecule has 5 nitrogen and oxygen atoms in total. The van der Waals surface area contributed by atoms with Crippen molar-refractivity contribution in [2.75, 3.05) is 26.7 Å². The second kappa shape index (κ2) is 11.6. The molecule has 0 heterocycles. The van der Waals surface area contributed by atoms with Crippen molar-refractivity contribution in [1.82, 2.24) is 16.0 Å². The van der Waals surface area contributed by atoms with Gasteiger partial charge in [-0.2, -0.15) is 0 Å². The normalized spacial score (nSPS) is 11.3. The van der Waals surface area contributed by atoms with Crippen LogP contribution >= 0.6 is 24.0 Å². The molecule has 0 saturated heterocycles. The summed E-state index contributed by atoms with van der Waals surface area (Å²) in [6.07, 6.45) is 0. The van der Waals surface area contributed by atoms with Crippen molar-refractivity contribution in [2.24, 2.45) is 4.99 Å². The maximum absolute atomic E-state index is 12.0.